The topological polar surface area (TPSA) is 48.0 Å². The maximum absolute atomic E-state index is 12.3. The zero-order chi connectivity index (χ0) is 13.4. The first-order valence-corrected chi connectivity index (χ1v) is 6.14. The van der Waals surface area contributed by atoms with Crippen molar-refractivity contribution in [3.05, 3.63) is 70.5 Å². The van der Waals surface area contributed by atoms with Crippen LogP contribution in [0, 0.1) is 6.92 Å². The van der Waals surface area contributed by atoms with Crippen LogP contribution in [0.5, 0.6) is 0 Å². The Morgan fingerprint density at radius 3 is 2.42 bits per heavy atom. The van der Waals surface area contributed by atoms with E-state index in [-0.39, 0.29) is 5.56 Å². The number of nitrogens with two attached hydrogens (primary N) is 1. The average Bonchev–Trinajstić information content (AvgIpc) is 2.41. The van der Waals surface area contributed by atoms with Crippen LogP contribution < -0.4 is 11.3 Å². The summed E-state index contributed by atoms with van der Waals surface area (Å²) in [5.74, 6) is 0. The normalized spacial score (nSPS) is 10.8. The zero-order valence-corrected chi connectivity index (χ0v) is 10.6. The van der Waals surface area contributed by atoms with E-state index in [9.17, 15) is 4.79 Å². The molecule has 94 valence electrons. The quantitative estimate of drug-likeness (QED) is 0.675. The van der Waals surface area contributed by atoms with E-state index in [2.05, 4.69) is 0 Å². The van der Waals surface area contributed by atoms with E-state index in [0.29, 0.717) is 5.69 Å². The molecule has 0 aliphatic carbocycles. The molecule has 2 aromatic carbocycles. The first kappa shape index (κ1) is 11.5. The third-order valence-corrected chi connectivity index (χ3v) is 3.28. The van der Waals surface area contributed by atoms with Crippen LogP contribution in [0.25, 0.3) is 16.6 Å². The lowest BCUT2D eigenvalue weighted by Crippen LogP contribution is -2.18. The number of rotatable bonds is 1. The van der Waals surface area contributed by atoms with Crippen molar-refractivity contribution in [1.29, 1.82) is 0 Å². The fourth-order valence-electron chi connectivity index (χ4n) is 2.34. The van der Waals surface area contributed by atoms with Crippen molar-refractivity contribution in [2.75, 3.05) is 5.73 Å². The van der Waals surface area contributed by atoms with Gasteiger partial charge in [0.05, 0.1) is 5.52 Å². The summed E-state index contributed by atoms with van der Waals surface area (Å²) in [4.78, 5) is 12.3. The minimum Gasteiger partial charge on any atom is -0.399 e. The van der Waals surface area contributed by atoms with E-state index in [1.165, 1.54) is 0 Å². The smallest absolute Gasteiger partial charge is 0.255 e. The Hall–Kier alpha value is -2.55. The van der Waals surface area contributed by atoms with Gasteiger partial charge in [-0.15, -0.1) is 0 Å². The second kappa shape index (κ2) is 4.28. The van der Waals surface area contributed by atoms with Crippen molar-refractivity contribution in [2.24, 2.45) is 0 Å². The molecule has 0 aliphatic rings. The van der Waals surface area contributed by atoms with E-state index in [0.717, 1.165) is 22.2 Å². The molecule has 3 nitrogen and oxygen atoms in total. The summed E-state index contributed by atoms with van der Waals surface area (Å²) in [7, 11) is 0. The van der Waals surface area contributed by atoms with Crippen molar-refractivity contribution in [3.8, 4) is 5.69 Å². The van der Waals surface area contributed by atoms with Gasteiger partial charge in [0, 0.05) is 22.8 Å². The predicted molar refractivity (Wildman–Crippen MR) is 78.7 cm³/mol. The van der Waals surface area contributed by atoms with Crippen LogP contribution in [0.4, 0.5) is 5.69 Å². The molecule has 0 atom stereocenters. The monoisotopic (exact) mass is 250 g/mol. The second-order valence-electron chi connectivity index (χ2n) is 4.61. The van der Waals surface area contributed by atoms with Gasteiger partial charge in [0.15, 0.2) is 0 Å². The molecule has 1 heterocycles. The molecule has 3 heteroatoms. The van der Waals surface area contributed by atoms with E-state index in [1.807, 2.05) is 43.3 Å². The zero-order valence-electron chi connectivity index (χ0n) is 10.6. The summed E-state index contributed by atoms with van der Waals surface area (Å²) in [5, 5.41) is 1.08. The lowest BCUT2D eigenvalue weighted by Gasteiger charge is -2.12. The van der Waals surface area contributed by atoms with Crippen molar-refractivity contribution < 1.29 is 0 Å². The van der Waals surface area contributed by atoms with Gasteiger partial charge in [-0.05, 0) is 42.8 Å². The highest BCUT2D eigenvalue weighted by Gasteiger charge is 2.07. The van der Waals surface area contributed by atoms with Crippen LogP contribution in [-0.2, 0) is 0 Å². The molecule has 2 N–H and O–H groups in total. The summed E-state index contributed by atoms with van der Waals surface area (Å²) in [6, 6.07) is 16.9. The van der Waals surface area contributed by atoms with Crippen LogP contribution in [0.15, 0.2) is 59.4 Å². The molecule has 3 rings (SSSR count). The molecule has 0 amide bonds. The number of pyridine rings is 1. The van der Waals surface area contributed by atoms with E-state index < -0.39 is 0 Å². The molecule has 1 aromatic heterocycles. The van der Waals surface area contributed by atoms with Gasteiger partial charge in [-0.3, -0.25) is 9.36 Å². The Labute approximate surface area is 110 Å². The van der Waals surface area contributed by atoms with Crippen molar-refractivity contribution in [2.45, 2.75) is 6.92 Å². The highest BCUT2D eigenvalue weighted by molar-refractivity contribution is 5.83. The highest BCUT2D eigenvalue weighted by Crippen LogP contribution is 2.19. The number of nitrogens with zero attached hydrogens (tertiary/aromatic N) is 1. The maximum Gasteiger partial charge on any atom is 0.255 e. The molecular weight excluding hydrogens is 236 g/mol. The number of benzene rings is 2. The molecule has 0 unspecified atom stereocenters. The standard InChI is InChI=1S/C16H14N2O/c1-11-10-16(19)18(13-8-6-12(17)7-9-13)15-5-3-2-4-14(11)15/h2-10H,17H2,1H3. The fraction of sp³-hybridized carbons (Fsp3) is 0.0625. The van der Waals surface area contributed by atoms with Gasteiger partial charge >= 0.3 is 0 Å². The maximum atomic E-state index is 12.3. The Kier molecular flexibility index (Phi) is 2.60. The van der Waals surface area contributed by atoms with Crippen LogP contribution in [-0.4, -0.2) is 4.57 Å². The minimum absolute atomic E-state index is 0.0269. The molecular formula is C16H14N2O. The third-order valence-electron chi connectivity index (χ3n) is 3.28. The molecule has 3 aromatic rings. The van der Waals surface area contributed by atoms with Gasteiger partial charge in [-0.1, -0.05) is 18.2 Å². The van der Waals surface area contributed by atoms with E-state index in [4.69, 9.17) is 5.73 Å². The summed E-state index contributed by atoms with van der Waals surface area (Å²) >= 11 is 0. The van der Waals surface area contributed by atoms with Gasteiger partial charge in [-0.25, -0.2) is 0 Å². The Morgan fingerprint density at radius 2 is 1.68 bits per heavy atom. The number of anilines is 1. The number of nitrogen functional groups attached to an aromatic ring is 1. The van der Waals surface area contributed by atoms with Gasteiger partial charge in [-0.2, -0.15) is 0 Å². The highest BCUT2D eigenvalue weighted by atomic mass is 16.1. The summed E-state index contributed by atoms with van der Waals surface area (Å²) in [6.45, 7) is 1.96. The number of aryl methyl sites for hydroxylation is 1. The van der Waals surface area contributed by atoms with Gasteiger partial charge in [0.2, 0.25) is 0 Å². The lowest BCUT2D eigenvalue weighted by molar-refractivity contribution is 1.04. The first-order valence-electron chi connectivity index (χ1n) is 6.14. The number of hydrogen-bond donors (Lipinski definition) is 1. The summed E-state index contributed by atoms with van der Waals surface area (Å²) in [6.07, 6.45) is 0. The third kappa shape index (κ3) is 1.89. The Morgan fingerprint density at radius 1 is 1.00 bits per heavy atom. The fourth-order valence-corrected chi connectivity index (χ4v) is 2.34. The molecule has 0 saturated carbocycles. The molecule has 0 saturated heterocycles. The van der Waals surface area contributed by atoms with Crippen molar-refractivity contribution >= 4 is 16.6 Å². The lowest BCUT2D eigenvalue weighted by atomic mass is 10.1. The molecule has 0 aliphatic heterocycles. The molecule has 19 heavy (non-hydrogen) atoms. The number of para-hydroxylation sites is 1. The molecule has 0 spiro atoms. The second-order valence-corrected chi connectivity index (χ2v) is 4.61. The summed E-state index contributed by atoms with van der Waals surface area (Å²) < 4.78 is 1.71. The average molecular weight is 250 g/mol. The van der Waals surface area contributed by atoms with Gasteiger partial charge in [0.1, 0.15) is 0 Å². The molecule has 0 radical (unpaired) electrons. The molecule has 0 fully saturated rings. The van der Waals surface area contributed by atoms with Gasteiger partial charge < -0.3 is 5.73 Å². The first-order chi connectivity index (χ1) is 9.16. The number of fused-ring (bicyclic) bond motifs is 1. The largest absolute Gasteiger partial charge is 0.399 e. The summed E-state index contributed by atoms with van der Waals surface area (Å²) in [5.41, 5.74) is 9.09. The van der Waals surface area contributed by atoms with Crippen LogP contribution in [0.3, 0.4) is 0 Å². The number of hydrogen-bond acceptors (Lipinski definition) is 2. The van der Waals surface area contributed by atoms with E-state index >= 15 is 0 Å². The predicted octanol–water partition coefficient (Wildman–Crippen LogP) is 2.88. The SMILES string of the molecule is Cc1cc(=O)n(-c2ccc(N)cc2)c2ccccc12. The van der Waals surface area contributed by atoms with Crippen LogP contribution in [0.2, 0.25) is 0 Å². The minimum atomic E-state index is -0.0269. The van der Waals surface area contributed by atoms with Crippen molar-refractivity contribution in [3.63, 3.8) is 0 Å². The Bertz CT molecular complexity index is 801. The van der Waals surface area contributed by atoms with E-state index in [1.54, 1.807) is 22.8 Å². The number of aromatic nitrogens is 1. The van der Waals surface area contributed by atoms with Crippen LogP contribution in [0.1, 0.15) is 5.56 Å². The molecule has 0 bridgehead atoms. The van der Waals surface area contributed by atoms with Crippen molar-refractivity contribution in [1.82, 2.24) is 4.57 Å². The van der Waals surface area contributed by atoms with Gasteiger partial charge in [0.25, 0.3) is 5.56 Å². The Balaban J connectivity index is 2.41. The van der Waals surface area contributed by atoms with Crippen LogP contribution >= 0.6 is 0 Å².